The molecule has 0 atom stereocenters. The summed E-state index contributed by atoms with van der Waals surface area (Å²) in [6, 6.07) is 5.99. The van der Waals surface area contributed by atoms with E-state index in [0.717, 1.165) is 13.0 Å². The predicted octanol–water partition coefficient (Wildman–Crippen LogP) is 3.28. The molecule has 20 heavy (non-hydrogen) atoms. The molecular formula is C13H14F3N3O. The van der Waals surface area contributed by atoms with Crippen molar-refractivity contribution >= 4 is 5.69 Å². The van der Waals surface area contributed by atoms with E-state index in [4.69, 9.17) is 0 Å². The molecule has 0 unspecified atom stereocenters. The second-order valence-corrected chi connectivity index (χ2v) is 4.12. The second kappa shape index (κ2) is 6.31. The molecular weight excluding hydrogens is 271 g/mol. The number of halogens is 3. The molecule has 2 rings (SSSR count). The number of alkyl halides is 3. The summed E-state index contributed by atoms with van der Waals surface area (Å²) in [4.78, 5) is 3.91. The molecule has 0 spiro atoms. The van der Waals surface area contributed by atoms with Gasteiger partial charge in [-0.3, -0.25) is 0 Å². The minimum absolute atomic E-state index is 0.220. The lowest BCUT2D eigenvalue weighted by atomic mass is 10.3. The van der Waals surface area contributed by atoms with Gasteiger partial charge in [0.1, 0.15) is 0 Å². The van der Waals surface area contributed by atoms with Gasteiger partial charge in [0, 0.05) is 25.5 Å². The molecule has 0 saturated carbocycles. The summed E-state index contributed by atoms with van der Waals surface area (Å²) in [7, 11) is 0. The number of anilines is 1. The molecule has 0 aliphatic rings. The highest BCUT2D eigenvalue weighted by molar-refractivity contribution is 5.56. The van der Waals surface area contributed by atoms with Crippen LogP contribution in [-0.2, 0) is 6.54 Å². The van der Waals surface area contributed by atoms with Crippen molar-refractivity contribution in [3.05, 3.63) is 43.0 Å². The van der Waals surface area contributed by atoms with E-state index in [1.54, 1.807) is 24.7 Å². The number of nitrogens with one attached hydrogen (secondary N) is 1. The van der Waals surface area contributed by atoms with Gasteiger partial charge in [0.15, 0.2) is 5.75 Å². The third-order valence-corrected chi connectivity index (χ3v) is 2.58. The lowest BCUT2D eigenvalue weighted by molar-refractivity contribution is -0.274. The van der Waals surface area contributed by atoms with E-state index in [-0.39, 0.29) is 5.75 Å². The fourth-order valence-electron chi connectivity index (χ4n) is 1.73. The summed E-state index contributed by atoms with van der Waals surface area (Å²) < 4.78 is 42.6. The lowest BCUT2D eigenvalue weighted by Gasteiger charge is -2.14. The maximum atomic E-state index is 12.2. The number of imidazole rings is 1. The zero-order valence-corrected chi connectivity index (χ0v) is 10.6. The van der Waals surface area contributed by atoms with Crippen molar-refractivity contribution in [2.75, 3.05) is 11.9 Å². The zero-order valence-electron chi connectivity index (χ0n) is 10.6. The molecule has 0 fully saturated rings. The first-order chi connectivity index (χ1) is 9.54. The average molecular weight is 285 g/mol. The maximum absolute atomic E-state index is 12.2. The second-order valence-electron chi connectivity index (χ2n) is 4.12. The van der Waals surface area contributed by atoms with Gasteiger partial charge >= 0.3 is 6.36 Å². The highest BCUT2D eigenvalue weighted by atomic mass is 19.4. The van der Waals surface area contributed by atoms with Gasteiger partial charge < -0.3 is 14.6 Å². The van der Waals surface area contributed by atoms with Crippen LogP contribution < -0.4 is 10.1 Å². The van der Waals surface area contributed by atoms with Crippen LogP contribution >= 0.6 is 0 Å². The number of hydrogen-bond donors (Lipinski definition) is 1. The van der Waals surface area contributed by atoms with E-state index >= 15 is 0 Å². The lowest BCUT2D eigenvalue weighted by Crippen LogP contribution is -2.18. The first kappa shape index (κ1) is 14.2. The number of ether oxygens (including phenoxy) is 1. The summed E-state index contributed by atoms with van der Waals surface area (Å²) in [6.45, 7) is 1.28. The Morgan fingerprint density at radius 3 is 2.75 bits per heavy atom. The summed E-state index contributed by atoms with van der Waals surface area (Å²) in [5.74, 6) is -0.220. The summed E-state index contributed by atoms with van der Waals surface area (Å²) in [5.41, 5.74) is 0.329. The topological polar surface area (TPSA) is 39.1 Å². The molecule has 0 bridgehead atoms. The Balaban J connectivity index is 1.86. The van der Waals surface area contributed by atoms with Crippen LogP contribution in [0.4, 0.5) is 18.9 Å². The van der Waals surface area contributed by atoms with Crippen molar-refractivity contribution in [2.45, 2.75) is 19.3 Å². The largest absolute Gasteiger partial charge is 0.573 e. The standard InChI is InChI=1S/C13H14F3N3O/c14-13(15,16)20-12-5-2-1-4-11(12)18-6-3-8-19-9-7-17-10-19/h1-2,4-5,7,9-10,18H,3,6,8H2. The Morgan fingerprint density at radius 1 is 1.25 bits per heavy atom. The van der Waals surface area contributed by atoms with Crippen molar-refractivity contribution in [1.82, 2.24) is 9.55 Å². The van der Waals surface area contributed by atoms with Crippen LogP contribution in [0.1, 0.15) is 6.42 Å². The number of aromatic nitrogens is 2. The molecule has 1 aromatic carbocycles. The summed E-state index contributed by atoms with van der Waals surface area (Å²) >= 11 is 0. The van der Waals surface area contributed by atoms with Gasteiger partial charge in [-0.1, -0.05) is 12.1 Å². The molecule has 0 saturated heterocycles. The van der Waals surface area contributed by atoms with Crippen molar-refractivity contribution in [3.63, 3.8) is 0 Å². The molecule has 7 heteroatoms. The highest BCUT2D eigenvalue weighted by Crippen LogP contribution is 2.29. The Kier molecular flexibility index (Phi) is 4.49. The summed E-state index contributed by atoms with van der Waals surface area (Å²) in [5, 5.41) is 2.94. The Labute approximate surface area is 114 Å². The van der Waals surface area contributed by atoms with Crippen LogP contribution in [0.2, 0.25) is 0 Å². The van der Waals surface area contributed by atoms with Crippen LogP contribution in [0, 0.1) is 0 Å². The van der Waals surface area contributed by atoms with Gasteiger partial charge in [0.25, 0.3) is 0 Å². The fourth-order valence-corrected chi connectivity index (χ4v) is 1.73. The number of aryl methyl sites for hydroxylation is 1. The summed E-state index contributed by atoms with van der Waals surface area (Å²) in [6.07, 6.45) is 1.28. The highest BCUT2D eigenvalue weighted by Gasteiger charge is 2.31. The average Bonchev–Trinajstić information content (AvgIpc) is 2.88. The third-order valence-electron chi connectivity index (χ3n) is 2.58. The van der Waals surface area contributed by atoms with E-state index in [1.807, 2.05) is 10.8 Å². The Hall–Kier alpha value is -2.18. The van der Waals surface area contributed by atoms with Gasteiger partial charge in [-0.15, -0.1) is 13.2 Å². The van der Waals surface area contributed by atoms with E-state index < -0.39 is 6.36 Å². The zero-order chi connectivity index (χ0) is 14.4. The molecule has 0 radical (unpaired) electrons. The van der Waals surface area contributed by atoms with Crippen molar-refractivity contribution < 1.29 is 17.9 Å². The van der Waals surface area contributed by atoms with Crippen molar-refractivity contribution in [1.29, 1.82) is 0 Å². The van der Waals surface area contributed by atoms with Crippen LogP contribution in [0.15, 0.2) is 43.0 Å². The van der Waals surface area contributed by atoms with Crippen molar-refractivity contribution in [3.8, 4) is 5.75 Å². The van der Waals surface area contributed by atoms with Crippen molar-refractivity contribution in [2.24, 2.45) is 0 Å². The monoisotopic (exact) mass is 285 g/mol. The van der Waals surface area contributed by atoms with Gasteiger partial charge in [-0.05, 0) is 18.6 Å². The number of para-hydroxylation sites is 2. The Morgan fingerprint density at radius 2 is 2.05 bits per heavy atom. The van der Waals surface area contributed by atoms with Crippen LogP contribution in [0.25, 0.3) is 0 Å². The number of benzene rings is 1. The van der Waals surface area contributed by atoms with E-state index in [2.05, 4.69) is 15.0 Å². The van der Waals surface area contributed by atoms with E-state index in [0.29, 0.717) is 12.2 Å². The smallest absolute Gasteiger partial charge is 0.404 e. The molecule has 1 N–H and O–H groups in total. The number of rotatable bonds is 6. The molecule has 0 amide bonds. The van der Waals surface area contributed by atoms with E-state index in [1.165, 1.54) is 12.1 Å². The fraction of sp³-hybridized carbons (Fsp3) is 0.308. The molecule has 108 valence electrons. The van der Waals surface area contributed by atoms with E-state index in [9.17, 15) is 13.2 Å². The minimum Gasteiger partial charge on any atom is -0.404 e. The first-order valence-electron chi connectivity index (χ1n) is 6.09. The predicted molar refractivity (Wildman–Crippen MR) is 68.5 cm³/mol. The van der Waals surface area contributed by atoms with Crippen LogP contribution in [0.3, 0.4) is 0 Å². The molecule has 2 aromatic rings. The Bertz CT molecular complexity index is 526. The third kappa shape index (κ3) is 4.49. The number of nitrogens with zero attached hydrogens (tertiary/aromatic N) is 2. The van der Waals surface area contributed by atoms with Gasteiger partial charge in [0.2, 0.25) is 0 Å². The first-order valence-corrected chi connectivity index (χ1v) is 6.09. The van der Waals surface area contributed by atoms with Crippen LogP contribution in [0.5, 0.6) is 5.75 Å². The van der Waals surface area contributed by atoms with Gasteiger partial charge in [0.05, 0.1) is 12.0 Å². The minimum atomic E-state index is -4.69. The maximum Gasteiger partial charge on any atom is 0.573 e. The SMILES string of the molecule is FC(F)(F)Oc1ccccc1NCCCn1ccnc1. The molecule has 0 aliphatic heterocycles. The van der Waals surface area contributed by atoms with Gasteiger partial charge in [-0.25, -0.2) is 4.98 Å². The quantitative estimate of drug-likeness (QED) is 0.828. The normalized spacial score (nSPS) is 11.3. The number of hydrogen-bond acceptors (Lipinski definition) is 3. The molecule has 4 nitrogen and oxygen atoms in total. The molecule has 0 aliphatic carbocycles. The molecule has 1 aromatic heterocycles. The van der Waals surface area contributed by atoms with Gasteiger partial charge in [-0.2, -0.15) is 0 Å². The van der Waals surface area contributed by atoms with Crippen LogP contribution in [-0.4, -0.2) is 22.5 Å². The molecule has 1 heterocycles.